The Balaban J connectivity index is 4.32. The summed E-state index contributed by atoms with van der Waals surface area (Å²) in [6.45, 7) is 2.57. The van der Waals surface area contributed by atoms with Crippen molar-refractivity contribution in [3.63, 3.8) is 0 Å². The zero-order valence-electron chi connectivity index (χ0n) is 57.5. The molecule has 0 aliphatic carbocycles. The third-order valence-electron chi connectivity index (χ3n) is 15.4. The van der Waals surface area contributed by atoms with Crippen molar-refractivity contribution < 1.29 is 75.8 Å². The molecule has 0 heterocycles. The van der Waals surface area contributed by atoms with Crippen molar-refractivity contribution in [3.05, 3.63) is 72.9 Å². The number of rotatable bonds is 69. The highest BCUT2D eigenvalue weighted by atomic mass is 31.2. The largest absolute Gasteiger partial charge is 0.472 e. The molecule has 16 nitrogen and oxygen atoms in total. The van der Waals surface area contributed by atoms with Gasteiger partial charge >= 0.3 is 33.6 Å². The number of carbonyl (C=O) groups is 3. The maximum atomic E-state index is 12.8. The first kappa shape index (κ1) is 88.0. The van der Waals surface area contributed by atoms with Gasteiger partial charge in [-0.05, 0) is 89.9 Å². The number of phosphoric acid groups is 2. The number of carbonyl (C=O) groups excluding carboxylic acids is 3. The van der Waals surface area contributed by atoms with E-state index in [-0.39, 0.29) is 19.3 Å². The second-order valence-corrected chi connectivity index (χ2v) is 27.3. The molecule has 4 N–H and O–H groups in total. The summed E-state index contributed by atoms with van der Waals surface area (Å²) in [6.07, 6.45) is 71.3. The Morgan fingerprint density at radius 3 is 0.934 bits per heavy atom. The van der Waals surface area contributed by atoms with E-state index in [0.29, 0.717) is 19.3 Å². The van der Waals surface area contributed by atoms with Crippen LogP contribution < -0.4 is 0 Å². The van der Waals surface area contributed by atoms with Gasteiger partial charge in [-0.2, -0.15) is 0 Å². The van der Waals surface area contributed by atoms with E-state index in [1.54, 1.807) is 0 Å². The van der Waals surface area contributed by atoms with Gasteiger partial charge in [0.1, 0.15) is 25.4 Å². The van der Waals surface area contributed by atoms with E-state index < -0.39 is 91.5 Å². The summed E-state index contributed by atoms with van der Waals surface area (Å²) in [4.78, 5) is 58.2. The Hall–Kier alpha value is -3.01. The standard InChI is InChI=1S/C73H132O16P2/c1-4-7-10-13-16-19-22-24-25-26-27-28-29-30-31-32-33-34-35-36-37-38-39-40-41-43-46-47-50-53-56-59-71(76)83-62-68(74)63-85-90(79,80)86-64-69(75)65-87-91(81,82)88-67-70(89-73(78)61-58-55-52-49-44-21-18-15-12-9-6-3)66-84-72(77)60-57-54-51-48-45-42-23-20-17-14-11-8-5-2/h11,14,16,19-20,23-25,27-28,30-31,68-70,74-75H,4-10,12-13,15,17-18,21-22,26,29,32-67H2,1-3H3,(H,79,80)(H,81,82)/b14-11-,19-16-,23-20-,25-24-,28-27-,31-30-. The summed E-state index contributed by atoms with van der Waals surface area (Å²) in [5.74, 6) is -1.58. The van der Waals surface area contributed by atoms with Crippen molar-refractivity contribution in [3.8, 4) is 0 Å². The Kier molecular flexibility index (Phi) is 64.8. The van der Waals surface area contributed by atoms with Gasteiger partial charge in [-0.1, -0.05) is 280 Å². The lowest BCUT2D eigenvalue weighted by Gasteiger charge is -2.21. The summed E-state index contributed by atoms with van der Waals surface area (Å²) in [6, 6.07) is 0. The molecule has 0 radical (unpaired) electrons. The van der Waals surface area contributed by atoms with Crippen molar-refractivity contribution in [1.29, 1.82) is 0 Å². The molecule has 530 valence electrons. The molecule has 0 rings (SSSR count). The molecular formula is C73H132O16P2. The van der Waals surface area contributed by atoms with Crippen molar-refractivity contribution in [2.45, 2.75) is 334 Å². The van der Waals surface area contributed by atoms with Crippen LogP contribution in [0.15, 0.2) is 72.9 Å². The summed E-state index contributed by atoms with van der Waals surface area (Å²) in [7, 11) is -9.76. The molecule has 0 aliphatic heterocycles. The van der Waals surface area contributed by atoms with Crippen LogP contribution in [0.1, 0.15) is 316 Å². The number of unbranched alkanes of at least 4 members (excludes halogenated alkanes) is 34. The molecule has 0 aromatic rings. The van der Waals surface area contributed by atoms with Crippen molar-refractivity contribution in [2.75, 3.05) is 39.6 Å². The van der Waals surface area contributed by atoms with Crippen LogP contribution in [0.5, 0.6) is 0 Å². The maximum Gasteiger partial charge on any atom is 0.472 e. The Bertz CT molecular complexity index is 1950. The van der Waals surface area contributed by atoms with Crippen LogP contribution in [0, 0.1) is 0 Å². The molecule has 5 unspecified atom stereocenters. The summed E-state index contributed by atoms with van der Waals surface area (Å²) < 4.78 is 60.8. The van der Waals surface area contributed by atoms with E-state index >= 15 is 0 Å². The number of hydrogen-bond donors (Lipinski definition) is 4. The van der Waals surface area contributed by atoms with Gasteiger partial charge in [-0.3, -0.25) is 32.5 Å². The number of esters is 3. The van der Waals surface area contributed by atoms with Crippen LogP contribution in [0.3, 0.4) is 0 Å². The molecule has 18 heteroatoms. The minimum absolute atomic E-state index is 0.106. The van der Waals surface area contributed by atoms with E-state index in [1.165, 1.54) is 141 Å². The number of allylic oxidation sites excluding steroid dienone is 12. The van der Waals surface area contributed by atoms with E-state index in [1.807, 2.05) is 0 Å². The Morgan fingerprint density at radius 2 is 0.571 bits per heavy atom. The van der Waals surface area contributed by atoms with Gasteiger partial charge in [0.15, 0.2) is 6.10 Å². The molecule has 0 spiro atoms. The number of ether oxygens (including phenoxy) is 3. The molecule has 91 heavy (non-hydrogen) atoms. The zero-order chi connectivity index (χ0) is 66.7. The Morgan fingerprint density at radius 1 is 0.308 bits per heavy atom. The molecule has 0 saturated carbocycles. The molecule has 0 aromatic carbocycles. The summed E-state index contributed by atoms with van der Waals surface area (Å²) in [5, 5.41) is 20.5. The minimum Gasteiger partial charge on any atom is -0.463 e. The molecule has 0 bridgehead atoms. The first-order chi connectivity index (χ1) is 44.2. The zero-order valence-corrected chi connectivity index (χ0v) is 59.3. The average Bonchev–Trinajstić information content (AvgIpc) is 3.64. The first-order valence-electron chi connectivity index (χ1n) is 36.2. The van der Waals surface area contributed by atoms with E-state index in [9.17, 15) is 43.5 Å². The molecule has 0 saturated heterocycles. The smallest absolute Gasteiger partial charge is 0.463 e. The number of aliphatic hydroxyl groups is 2. The lowest BCUT2D eigenvalue weighted by molar-refractivity contribution is -0.161. The molecule has 0 amide bonds. The normalized spacial score (nSPS) is 14.6. The van der Waals surface area contributed by atoms with Gasteiger partial charge in [0.2, 0.25) is 0 Å². The van der Waals surface area contributed by atoms with Crippen LogP contribution in [0.2, 0.25) is 0 Å². The van der Waals surface area contributed by atoms with Crippen LogP contribution in [-0.4, -0.2) is 95.9 Å². The van der Waals surface area contributed by atoms with Gasteiger partial charge < -0.3 is 34.2 Å². The fourth-order valence-corrected chi connectivity index (χ4v) is 11.4. The predicted octanol–water partition coefficient (Wildman–Crippen LogP) is 20.3. The monoisotopic (exact) mass is 1330 g/mol. The predicted molar refractivity (Wildman–Crippen MR) is 372 cm³/mol. The van der Waals surface area contributed by atoms with Crippen LogP contribution in [0.25, 0.3) is 0 Å². The number of phosphoric ester groups is 2. The van der Waals surface area contributed by atoms with Gasteiger partial charge in [-0.15, -0.1) is 0 Å². The van der Waals surface area contributed by atoms with Crippen LogP contribution >= 0.6 is 15.6 Å². The summed E-state index contributed by atoms with van der Waals surface area (Å²) >= 11 is 0. The van der Waals surface area contributed by atoms with Gasteiger partial charge in [0.25, 0.3) is 0 Å². The van der Waals surface area contributed by atoms with Gasteiger partial charge in [0.05, 0.1) is 26.4 Å². The fraction of sp³-hybridized carbons (Fsp3) is 0.795. The van der Waals surface area contributed by atoms with E-state index in [4.69, 9.17) is 32.3 Å². The highest BCUT2D eigenvalue weighted by Crippen LogP contribution is 2.45. The van der Waals surface area contributed by atoms with Crippen LogP contribution in [0.4, 0.5) is 0 Å². The summed E-state index contributed by atoms with van der Waals surface area (Å²) in [5.41, 5.74) is 0. The molecule has 0 aliphatic rings. The number of aliphatic hydroxyl groups excluding tert-OH is 2. The van der Waals surface area contributed by atoms with Gasteiger partial charge in [-0.25, -0.2) is 9.13 Å². The fourth-order valence-electron chi connectivity index (χ4n) is 9.83. The molecule has 0 fully saturated rings. The molecule has 5 atom stereocenters. The van der Waals surface area contributed by atoms with Gasteiger partial charge in [0, 0.05) is 19.3 Å². The van der Waals surface area contributed by atoms with Crippen molar-refractivity contribution in [1.82, 2.24) is 0 Å². The maximum absolute atomic E-state index is 12.8. The second kappa shape index (κ2) is 67.0. The lowest BCUT2D eigenvalue weighted by atomic mass is 10.0. The number of hydrogen-bond acceptors (Lipinski definition) is 14. The van der Waals surface area contributed by atoms with Crippen molar-refractivity contribution in [2.24, 2.45) is 0 Å². The first-order valence-corrected chi connectivity index (χ1v) is 39.2. The third-order valence-corrected chi connectivity index (χ3v) is 17.3. The highest BCUT2D eigenvalue weighted by molar-refractivity contribution is 7.47. The minimum atomic E-state index is -4.91. The van der Waals surface area contributed by atoms with Crippen molar-refractivity contribution >= 4 is 33.6 Å². The van der Waals surface area contributed by atoms with E-state index in [2.05, 4.69) is 93.7 Å². The Labute approximate surface area is 553 Å². The topological polar surface area (TPSA) is 231 Å². The third kappa shape index (κ3) is 68.2. The SMILES string of the molecule is CCC/C=C\C/C=C\CCCCCCCC(=O)OCC(COP(=O)(O)OCC(O)COP(=O)(O)OCC(O)COC(=O)CCCCCCCCCCCCCCCCC/C=C\C/C=C\C/C=C\C/C=C\CCCCC)OC(=O)CCCCCCCCCCCCC. The lowest BCUT2D eigenvalue weighted by Crippen LogP contribution is -2.30. The molecular weight excluding hydrogens is 1190 g/mol. The van der Waals surface area contributed by atoms with E-state index in [0.717, 1.165) is 116 Å². The average molecular weight is 1330 g/mol. The highest BCUT2D eigenvalue weighted by Gasteiger charge is 2.29. The van der Waals surface area contributed by atoms with Crippen LogP contribution in [-0.2, 0) is 55.8 Å². The quantitative estimate of drug-likeness (QED) is 0.0146. The second-order valence-electron chi connectivity index (χ2n) is 24.4. The molecule has 0 aromatic heterocycles.